The summed E-state index contributed by atoms with van der Waals surface area (Å²) in [7, 11) is 2.18. The van der Waals surface area contributed by atoms with Crippen LogP contribution in [-0.2, 0) is 16.1 Å². The third-order valence-corrected chi connectivity index (χ3v) is 8.68. The number of hydrogen-bond donors (Lipinski definition) is 2. The molecule has 2 unspecified atom stereocenters. The number of ether oxygens (including phenoxy) is 1. The molecule has 12 heteroatoms. The van der Waals surface area contributed by atoms with Crippen LogP contribution in [0.15, 0.2) is 30.7 Å². The maximum atomic E-state index is 12.9. The molecular formula is C26H36N10O2. The van der Waals surface area contributed by atoms with E-state index in [1.54, 1.807) is 10.9 Å². The summed E-state index contributed by atoms with van der Waals surface area (Å²) in [5.74, 6) is 0.623. The Bertz CT molecular complexity index is 1280. The van der Waals surface area contributed by atoms with Gasteiger partial charge in [0.25, 0.3) is 0 Å². The molecule has 1 amide bonds. The summed E-state index contributed by atoms with van der Waals surface area (Å²) in [5, 5.41) is 16.0. The van der Waals surface area contributed by atoms with Crippen LogP contribution >= 0.6 is 0 Å². The molecule has 0 aliphatic carbocycles. The summed E-state index contributed by atoms with van der Waals surface area (Å²) in [6.45, 7) is 5.45. The van der Waals surface area contributed by atoms with Gasteiger partial charge in [0, 0.05) is 56.7 Å². The van der Waals surface area contributed by atoms with Crippen molar-refractivity contribution in [2.75, 3.05) is 56.7 Å². The SMILES string of the molecule is CN(C1CCN(C(=O)Cn2cc(Nc3nc4c(N5CC6CCC(C5)N6)cccn4n3)cn2)CC1)C1COC1. The van der Waals surface area contributed by atoms with Crippen molar-refractivity contribution < 1.29 is 9.53 Å². The van der Waals surface area contributed by atoms with E-state index in [1.807, 2.05) is 27.9 Å². The minimum absolute atomic E-state index is 0.105. The van der Waals surface area contributed by atoms with E-state index in [-0.39, 0.29) is 12.5 Å². The van der Waals surface area contributed by atoms with Crippen LogP contribution in [0.25, 0.3) is 5.65 Å². The summed E-state index contributed by atoms with van der Waals surface area (Å²) in [4.78, 5) is 24.6. The number of anilines is 3. The fourth-order valence-electron chi connectivity index (χ4n) is 6.35. The number of amides is 1. The van der Waals surface area contributed by atoms with E-state index in [0.717, 1.165) is 69.3 Å². The van der Waals surface area contributed by atoms with E-state index in [9.17, 15) is 4.79 Å². The number of nitrogens with zero attached hydrogens (tertiary/aromatic N) is 8. The normalized spacial score (nSPS) is 24.4. The van der Waals surface area contributed by atoms with Gasteiger partial charge in [-0.3, -0.25) is 14.4 Å². The Hall–Kier alpha value is -3.22. The lowest BCUT2D eigenvalue weighted by Crippen LogP contribution is -2.54. The van der Waals surface area contributed by atoms with Crippen molar-refractivity contribution in [1.82, 2.24) is 39.5 Å². The molecule has 38 heavy (non-hydrogen) atoms. The van der Waals surface area contributed by atoms with Gasteiger partial charge in [-0.15, -0.1) is 5.10 Å². The standard InChI is InChI=1S/C26H36N10O2/c1-32(22-16-38-17-22)21-6-9-33(10-7-21)24(37)15-35-14-20(11-27-35)29-26-30-25-23(3-2-8-36(25)31-26)34-12-18-4-5-19(13-34)28-18/h2-3,8,11,14,18-19,21-22,28H,4-7,9-10,12-13,15-17H2,1H3,(H,29,31). The number of fused-ring (bicyclic) bond motifs is 3. The van der Waals surface area contributed by atoms with Gasteiger partial charge in [0.15, 0.2) is 5.65 Å². The van der Waals surface area contributed by atoms with Crippen molar-refractivity contribution in [3.63, 3.8) is 0 Å². The van der Waals surface area contributed by atoms with Gasteiger partial charge in [-0.25, -0.2) is 4.52 Å². The highest BCUT2D eigenvalue weighted by Crippen LogP contribution is 2.28. The van der Waals surface area contributed by atoms with Gasteiger partial charge < -0.3 is 25.2 Å². The molecule has 0 spiro atoms. The molecule has 4 aliphatic heterocycles. The largest absolute Gasteiger partial charge is 0.378 e. The molecule has 12 nitrogen and oxygen atoms in total. The number of carbonyl (C=O) groups is 1. The number of nitrogens with one attached hydrogen (secondary N) is 2. The topological polar surface area (TPSA) is 108 Å². The van der Waals surface area contributed by atoms with Crippen LogP contribution < -0.4 is 15.5 Å². The molecule has 7 rings (SSSR count). The molecule has 2 atom stereocenters. The molecule has 2 N–H and O–H groups in total. The van der Waals surface area contributed by atoms with Gasteiger partial charge in [0.05, 0.1) is 36.8 Å². The van der Waals surface area contributed by atoms with Crippen LogP contribution in [0.4, 0.5) is 17.3 Å². The van der Waals surface area contributed by atoms with E-state index in [2.05, 4.69) is 43.7 Å². The lowest BCUT2D eigenvalue weighted by Gasteiger charge is -2.43. The smallest absolute Gasteiger partial charge is 0.247 e. The predicted octanol–water partition coefficient (Wildman–Crippen LogP) is 0.932. The number of likely N-dealkylation sites (N-methyl/N-ethyl adjacent to an activating group) is 1. The third kappa shape index (κ3) is 4.61. The van der Waals surface area contributed by atoms with Crippen LogP contribution in [0.2, 0.25) is 0 Å². The molecule has 202 valence electrons. The molecular weight excluding hydrogens is 484 g/mol. The lowest BCUT2D eigenvalue weighted by atomic mass is 10.0. The Kier molecular flexibility index (Phi) is 6.17. The van der Waals surface area contributed by atoms with Gasteiger partial charge >= 0.3 is 0 Å². The number of pyridine rings is 1. The van der Waals surface area contributed by atoms with E-state index in [4.69, 9.17) is 9.72 Å². The highest BCUT2D eigenvalue weighted by molar-refractivity contribution is 5.76. The molecule has 0 saturated carbocycles. The van der Waals surface area contributed by atoms with Crippen LogP contribution in [0, 0.1) is 0 Å². The summed E-state index contributed by atoms with van der Waals surface area (Å²) in [6.07, 6.45) is 9.97. The maximum Gasteiger partial charge on any atom is 0.247 e. The third-order valence-electron chi connectivity index (χ3n) is 8.68. The molecule has 7 heterocycles. The number of carbonyl (C=O) groups excluding carboxylic acids is 1. The quantitative estimate of drug-likeness (QED) is 0.470. The lowest BCUT2D eigenvalue weighted by molar-refractivity contribution is -0.134. The van der Waals surface area contributed by atoms with Crippen molar-refractivity contribution in [1.29, 1.82) is 0 Å². The van der Waals surface area contributed by atoms with Gasteiger partial charge in [-0.05, 0) is 44.9 Å². The van der Waals surface area contributed by atoms with Crippen molar-refractivity contribution >= 4 is 28.9 Å². The van der Waals surface area contributed by atoms with Gasteiger partial charge in [-0.2, -0.15) is 10.1 Å². The zero-order chi connectivity index (χ0) is 25.6. The molecule has 3 aromatic heterocycles. The van der Waals surface area contributed by atoms with Gasteiger partial charge in [-0.1, -0.05) is 0 Å². The van der Waals surface area contributed by atoms with E-state index >= 15 is 0 Å². The Morgan fingerprint density at radius 1 is 1.16 bits per heavy atom. The van der Waals surface area contributed by atoms with Crippen molar-refractivity contribution in [3.8, 4) is 0 Å². The molecule has 0 radical (unpaired) electrons. The van der Waals surface area contributed by atoms with E-state index < -0.39 is 0 Å². The van der Waals surface area contributed by atoms with Crippen molar-refractivity contribution in [2.45, 2.75) is 56.4 Å². The van der Waals surface area contributed by atoms with Gasteiger partial charge in [0.1, 0.15) is 6.54 Å². The molecule has 4 fully saturated rings. The fourth-order valence-corrected chi connectivity index (χ4v) is 6.35. The van der Waals surface area contributed by atoms with E-state index in [0.29, 0.717) is 30.1 Å². The number of rotatable bonds is 7. The highest BCUT2D eigenvalue weighted by atomic mass is 16.5. The second kappa shape index (κ2) is 9.83. The fraction of sp³-hybridized carbons (Fsp3) is 0.615. The average Bonchev–Trinajstić information content (AvgIpc) is 3.60. The average molecular weight is 521 g/mol. The first kappa shape index (κ1) is 23.9. The van der Waals surface area contributed by atoms with Gasteiger partial charge in [0.2, 0.25) is 11.9 Å². The Morgan fingerprint density at radius 3 is 2.68 bits per heavy atom. The monoisotopic (exact) mass is 520 g/mol. The highest BCUT2D eigenvalue weighted by Gasteiger charge is 2.34. The minimum atomic E-state index is 0.105. The molecule has 0 aromatic carbocycles. The van der Waals surface area contributed by atoms with Crippen LogP contribution in [0.1, 0.15) is 25.7 Å². The Balaban J connectivity index is 0.967. The van der Waals surface area contributed by atoms with Crippen molar-refractivity contribution in [2.24, 2.45) is 0 Å². The number of piperazine rings is 1. The molecule has 4 saturated heterocycles. The zero-order valence-electron chi connectivity index (χ0n) is 21.9. The number of aromatic nitrogens is 5. The summed E-state index contributed by atoms with van der Waals surface area (Å²) in [5.41, 5.74) is 2.72. The molecule has 4 aliphatic rings. The summed E-state index contributed by atoms with van der Waals surface area (Å²) < 4.78 is 8.85. The number of piperidine rings is 1. The number of likely N-dealkylation sites (tertiary alicyclic amines) is 1. The molecule has 3 aromatic rings. The minimum Gasteiger partial charge on any atom is -0.378 e. The Morgan fingerprint density at radius 2 is 1.95 bits per heavy atom. The number of hydrogen-bond acceptors (Lipinski definition) is 9. The van der Waals surface area contributed by atoms with Crippen LogP contribution in [0.5, 0.6) is 0 Å². The molecule has 2 bridgehead atoms. The maximum absolute atomic E-state index is 12.9. The van der Waals surface area contributed by atoms with Crippen LogP contribution in [0.3, 0.4) is 0 Å². The second-order valence-corrected chi connectivity index (χ2v) is 11.2. The van der Waals surface area contributed by atoms with Crippen molar-refractivity contribution in [3.05, 3.63) is 30.7 Å². The first-order valence-electron chi connectivity index (χ1n) is 13.8. The predicted molar refractivity (Wildman–Crippen MR) is 143 cm³/mol. The van der Waals surface area contributed by atoms with Crippen LogP contribution in [-0.4, -0.2) is 111 Å². The second-order valence-electron chi connectivity index (χ2n) is 11.2. The first-order valence-corrected chi connectivity index (χ1v) is 13.8. The first-order chi connectivity index (χ1) is 18.6. The zero-order valence-corrected chi connectivity index (χ0v) is 21.9. The summed E-state index contributed by atoms with van der Waals surface area (Å²) in [6, 6.07) is 6.32. The summed E-state index contributed by atoms with van der Waals surface area (Å²) >= 11 is 0. The Labute approximate surface area is 221 Å². The van der Waals surface area contributed by atoms with E-state index in [1.165, 1.54) is 12.8 Å².